The van der Waals surface area contributed by atoms with Crippen LogP contribution in [0, 0.1) is 0 Å². The summed E-state index contributed by atoms with van der Waals surface area (Å²) in [5.41, 5.74) is 2.55. The molecule has 2 aliphatic rings. The Labute approximate surface area is 190 Å². The first kappa shape index (κ1) is 21.1. The molecule has 1 aromatic carbocycles. The fourth-order valence-corrected chi connectivity index (χ4v) is 4.89. The van der Waals surface area contributed by atoms with Crippen LogP contribution < -0.4 is 10.2 Å². The maximum atomic E-state index is 12.9. The fraction of sp³-hybridized carbons (Fsp3) is 0.391. The minimum absolute atomic E-state index is 0.170. The number of rotatable bonds is 6. The van der Waals surface area contributed by atoms with E-state index in [0.29, 0.717) is 29.7 Å². The van der Waals surface area contributed by atoms with Crippen molar-refractivity contribution in [2.75, 3.05) is 62.8 Å². The van der Waals surface area contributed by atoms with Crippen molar-refractivity contribution in [1.29, 1.82) is 0 Å². The molecule has 0 spiro atoms. The summed E-state index contributed by atoms with van der Waals surface area (Å²) in [5.74, 6) is 0.520. The molecule has 0 aliphatic carbocycles. The van der Waals surface area contributed by atoms with Crippen molar-refractivity contribution < 1.29 is 18.7 Å². The van der Waals surface area contributed by atoms with Gasteiger partial charge in [-0.2, -0.15) is 0 Å². The highest BCUT2D eigenvalue weighted by Gasteiger charge is 2.23. The average Bonchev–Trinajstić information content (AvgIpc) is 3.51. The third kappa shape index (κ3) is 4.86. The number of nitrogens with one attached hydrogen (secondary N) is 1. The van der Waals surface area contributed by atoms with Crippen molar-refractivity contribution in [2.45, 2.75) is 6.54 Å². The predicted molar refractivity (Wildman–Crippen MR) is 123 cm³/mol. The summed E-state index contributed by atoms with van der Waals surface area (Å²) in [6, 6.07) is 11.5. The Kier molecular flexibility index (Phi) is 6.49. The monoisotopic (exact) mass is 454 g/mol. The lowest BCUT2D eigenvalue weighted by Crippen LogP contribution is -2.35. The van der Waals surface area contributed by atoms with E-state index in [1.807, 2.05) is 36.4 Å². The van der Waals surface area contributed by atoms with Gasteiger partial charge in [-0.3, -0.25) is 15.0 Å². The van der Waals surface area contributed by atoms with Crippen molar-refractivity contribution in [3.05, 3.63) is 53.8 Å². The first-order valence-electron chi connectivity index (χ1n) is 10.8. The second-order valence-corrected chi connectivity index (χ2v) is 8.77. The highest BCUT2D eigenvalue weighted by Crippen LogP contribution is 2.39. The normalized spacial score (nSPS) is 17.4. The van der Waals surface area contributed by atoms with E-state index >= 15 is 0 Å². The van der Waals surface area contributed by atoms with Crippen LogP contribution in [0.25, 0.3) is 11.5 Å². The number of hydrogen-bond donors (Lipinski definition) is 1. The maximum absolute atomic E-state index is 12.9. The number of nitrogens with zero attached hydrogens (tertiary/aromatic N) is 3. The summed E-state index contributed by atoms with van der Waals surface area (Å²) in [4.78, 5) is 22.1. The molecule has 5 rings (SSSR count). The van der Waals surface area contributed by atoms with Crippen molar-refractivity contribution in [3.63, 3.8) is 0 Å². The van der Waals surface area contributed by atoms with Gasteiger partial charge in [0.2, 0.25) is 0 Å². The van der Waals surface area contributed by atoms with Gasteiger partial charge in [0.15, 0.2) is 10.9 Å². The number of thiazole rings is 1. The molecule has 0 bridgehead atoms. The first-order chi connectivity index (χ1) is 15.8. The van der Waals surface area contributed by atoms with E-state index in [2.05, 4.69) is 20.1 Å². The van der Waals surface area contributed by atoms with Crippen LogP contribution in [0.5, 0.6) is 0 Å². The van der Waals surface area contributed by atoms with Crippen LogP contribution in [-0.2, 0) is 16.0 Å². The van der Waals surface area contributed by atoms with Crippen LogP contribution >= 0.6 is 11.3 Å². The summed E-state index contributed by atoms with van der Waals surface area (Å²) in [6.45, 7) is 7.23. The number of carbonyl (C=O) groups is 1. The van der Waals surface area contributed by atoms with Gasteiger partial charge < -0.3 is 18.8 Å². The molecular weight excluding hydrogens is 428 g/mol. The number of furan rings is 1. The minimum Gasteiger partial charge on any atom is -0.463 e. The summed E-state index contributed by atoms with van der Waals surface area (Å²) in [6.07, 6.45) is 1.63. The molecule has 0 radical (unpaired) electrons. The maximum Gasteiger partial charge on any atom is 0.257 e. The Balaban J connectivity index is 1.29. The lowest BCUT2D eigenvalue weighted by molar-refractivity contribution is 0.0342. The average molecular weight is 455 g/mol. The molecule has 4 heterocycles. The molecule has 0 saturated carbocycles. The number of aromatic nitrogens is 1. The van der Waals surface area contributed by atoms with E-state index in [0.717, 1.165) is 56.6 Å². The van der Waals surface area contributed by atoms with E-state index in [1.54, 1.807) is 6.26 Å². The number of anilines is 2. The van der Waals surface area contributed by atoms with Gasteiger partial charge in [0.25, 0.3) is 5.91 Å². The van der Waals surface area contributed by atoms with Gasteiger partial charge in [0.1, 0.15) is 10.7 Å². The molecule has 1 amide bonds. The molecule has 8 nitrogen and oxygen atoms in total. The Hall–Kier alpha value is -2.72. The Bertz CT molecular complexity index is 1020. The van der Waals surface area contributed by atoms with E-state index in [4.69, 9.17) is 13.9 Å². The van der Waals surface area contributed by atoms with E-state index in [-0.39, 0.29) is 5.91 Å². The topological polar surface area (TPSA) is 80.1 Å². The van der Waals surface area contributed by atoms with Crippen molar-refractivity contribution in [3.8, 4) is 11.5 Å². The van der Waals surface area contributed by atoms with Crippen LogP contribution in [0.1, 0.15) is 15.9 Å². The van der Waals surface area contributed by atoms with Crippen LogP contribution in [0.4, 0.5) is 10.1 Å². The largest absolute Gasteiger partial charge is 0.463 e. The molecule has 32 heavy (non-hydrogen) atoms. The number of benzene rings is 1. The van der Waals surface area contributed by atoms with Gasteiger partial charge in [-0.25, -0.2) is 4.98 Å². The molecule has 0 atom stereocenters. The van der Waals surface area contributed by atoms with Crippen LogP contribution in [-0.4, -0.2) is 68.4 Å². The van der Waals surface area contributed by atoms with E-state index in [1.165, 1.54) is 16.9 Å². The Morgan fingerprint density at radius 3 is 2.41 bits per heavy atom. The number of ether oxygens (including phenoxy) is 2. The summed E-state index contributed by atoms with van der Waals surface area (Å²) < 4.78 is 16.5. The molecule has 2 aliphatic heterocycles. The molecule has 2 aromatic heterocycles. The van der Waals surface area contributed by atoms with Gasteiger partial charge in [-0.15, -0.1) is 0 Å². The molecule has 168 valence electrons. The summed E-state index contributed by atoms with van der Waals surface area (Å²) in [7, 11) is 0. The number of hydrogen-bond acceptors (Lipinski definition) is 8. The highest BCUT2D eigenvalue weighted by molar-refractivity contribution is 7.20. The zero-order valence-corrected chi connectivity index (χ0v) is 18.6. The standard InChI is InChI=1S/C23H26N4O4S/c28-21(18-5-3-17(4-6-18)16-26-7-12-29-13-8-26)25-23-24-20(19-2-1-11-31-19)22(32-23)27-9-14-30-15-10-27/h1-6,11H,7-10,12-16H2,(H,24,25,28). The number of amides is 1. The van der Waals surface area contributed by atoms with Crippen molar-refractivity contribution >= 4 is 27.4 Å². The molecule has 2 fully saturated rings. The molecule has 1 N–H and O–H groups in total. The molecule has 3 aromatic rings. The third-order valence-corrected chi connectivity index (χ3v) is 6.64. The lowest BCUT2D eigenvalue weighted by atomic mass is 10.1. The smallest absolute Gasteiger partial charge is 0.257 e. The van der Waals surface area contributed by atoms with Crippen molar-refractivity contribution in [2.24, 2.45) is 0 Å². The second kappa shape index (κ2) is 9.83. The van der Waals surface area contributed by atoms with Crippen LogP contribution in [0.3, 0.4) is 0 Å². The van der Waals surface area contributed by atoms with Gasteiger partial charge in [-0.05, 0) is 29.8 Å². The SMILES string of the molecule is O=C(Nc1nc(-c2ccco2)c(N2CCOCC2)s1)c1ccc(CN2CCOCC2)cc1. The van der Waals surface area contributed by atoms with Gasteiger partial charge in [0, 0.05) is 38.3 Å². The van der Waals surface area contributed by atoms with Crippen LogP contribution in [0.2, 0.25) is 0 Å². The lowest BCUT2D eigenvalue weighted by Gasteiger charge is -2.27. The third-order valence-electron chi connectivity index (χ3n) is 5.61. The van der Waals surface area contributed by atoms with Crippen LogP contribution in [0.15, 0.2) is 47.1 Å². The first-order valence-corrected chi connectivity index (χ1v) is 11.7. The molecular formula is C23H26N4O4S. The van der Waals surface area contributed by atoms with Gasteiger partial charge >= 0.3 is 0 Å². The minimum atomic E-state index is -0.170. The number of carbonyl (C=O) groups excluding carboxylic acids is 1. The summed E-state index contributed by atoms with van der Waals surface area (Å²) in [5, 5.41) is 4.50. The van der Waals surface area contributed by atoms with E-state index < -0.39 is 0 Å². The Morgan fingerprint density at radius 1 is 1.00 bits per heavy atom. The Morgan fingerprint density at radius 2 is 1.72 bits per heavy atom. The summed E-state index contributed by atoms with van der Waals surface area (Å²) >= 11 is 1.46. The predicted octanol–water partition coefficient (Wildman–Crippen LogP) is 3.32. The molecule has 0 unspecified atom stereocenters. The van der Waals surface area contributed by atoms with Gasteiger partial charge in [0.05, 0.1) is 32.7 Å². The highest BCUT2D eigenvalue weighted by atomic mass is 32.1. The van der Waals surface area contributed by atoms with E-state index in [9.17, 15) is 4.79 Å². The fourth-order valence-electron chi connectivity index (χ4n) is 3.87. The zero-order valence-electron chi connectivity index (χ0n) is 17.8. The zero-order chi connectivity index (χ0) is 21.8. The molecule has 2 saturated heterocycles. The molecule has 9 heteroatoms. The quantitative estimate of drug-likeness (QED) is 0.612. The number of morpholine rings is 2. The van der Waals surface area contributed by atoms with Crippen molar-refractivity contribution in [1.82, 2.24) is 9.88 Å². The second-order valence-electron chi connectivity index (χ2n) is 7.79. The van der Waals surface area contributed by atoms with Gasteiger partial charge in [-0.1, -0.05) is 23.5 Å².